The van der Waals surface area contributed by atoms with Crippen molar-refractivity contribution < 1.29 is 0 Å². The molecule has 2 aliphatic rings. The van der Waals surface area contributed by atoms with Crippen molar-refractivity contribution in [1.29, 1.82) is 0 Å². The van der Waals surface area contributed by atoms with Gasteiger partial charge in [0.15, 0.2) is 0 Å². The average molecular weight is 144 g/mol. The van der Waals surface area contributed by atoms with Crippen LogP contribution in [0.2, 0.25) is 0 Å². The topological polar surface area (TPSA) is 0 Å². The summed E-state index contributed by atoms with van der Waals surface area (Å²) in [5.74, 6) is 0. The van der Waals surface area contributed by atoms with Crippen molar-refractivity contribution in [3.05, 3.63) is 41.2 Å². The van der Waals surface area contributed by atoms with E-state index in [4.69, 9.17) is 0 Å². The maximum atomic E-state index is 3.24. The fourth-order valence-electron chi connectivity index (χ4n) is 1.61. The molecule has 0 unspecified atom stereocenters. The first-order chi connectivity index (χ1) is 5.47. The van der Waals surface area contributed by atoms with Gasteiger partial charge >= 0.3 is 0 Å². The monoisotopic (exact) mass is 144 g/mol. The summed E-state index contributed by atoms with van der Waals surface area (Å²) in [7, 11) is 0. The van der Waals surface area contributed by atoms with E-state index in [1.807, 2.05) is 6.08 Å². The van der Waals surface area contributed by atoms with Crippen LogP contribution < -0.4 is 0 Å². The number of rotatable bonds is 1. The van der Waals surface area contributed by atoms with Crippen LogP contribution in [0.5, 0.6) is 0 Å². The molecule has 56 valence electrons. The zero-order chi connectivity index (χ0) is 7.52. The predicted molar refractivity (Wildman–Crippen MR) is 47.3 cm³/mol. The Morgan fingerprint density at radius 2 is 2.27 bits per heavy atom. The van der Waals surface area contributed by atoms with Crippen LogP contribution >= 0.6 is 0 Å². The van der Waals surface area contributed by atoms with Gasteiger partial charge in [-0.2, -0.15) is 0 Å². The van der Waals surface area contributed by atoms with Crippen molar-refractivity contribution in [3.8, 4) is 0 Å². The third kappa shape index (κ3) is 1.36. The zero-order valence-corrected chi connectivity index (χ0v) is 6.64. The van der Waals surface area contributed by atoms with Gasteiger partial charge in [-0.05, 0) is 43.4 Å². The number of allylic oxidation sites excluding steroid dienone is 5. The van der Waals surface area contributed by atoms with E-state index >= 15 is 0 Å². The van der Waals surface area contributed by atoms with Gasteiger partial charge in [0.2, 0.25) is 0 Å². The largest absolute Gasteiger partial charge is 0.113 e. The lowest BCUT2D eigenvalue weighted by atomic mass is 9.94. The smallest absolute Gasteiger partial charge is 0.0193 e. The highest BCUT2D eigenvalue weighted by molar-refractivity contribution is 5.44. The zero-order valence-electron chi connectivity index (χ0n) is 6.64. The van der Waals surface area contributed by atoms with Crippen molar-refractivity contribution in [2.45, 2.75) is 25.7 Å². The van der Waals surface area contributed by atoms with Crippen LogP contribution in [0.4, 0.5) is 0 Å². The van der Waals surface area contributed by atoms with Crippen LogP contribution in [-0.2, 0) is 0 Å². The molecule has 2 aliphatic carbocycles. The lowest BCUT2D eigenvalue weighted by molar-refractivity contribution is 0.708. The van der Waals surface area contributed by atoms with E-state index < -0.39 is 0 Å². The summed E-state index contributed by atoms with van der Waals surface area (Å²) in [6, 6.07) is 0. The quantitative estimate of drug-likeness (QED) is 0.496. The molecule has 0 radical (unpaired) electrons. The second kappa shape index (κ2) is 2.94. The molecule has 0 nitrogen and oxygen atoms in total. The molecule has 0 saturated heterocycles. The number of hydrogen-bond donors (Lipinski definition) is 0. The van der Waals surface area contributed by atoms with Gasteiger partial charge in [-0.3, -0.25) is 0 Å². The lowest BCUT2D eigenvalue weighted by Gasteiger charge is -2.10. The third-order valence-electron chi connectivity index (χ3n) is 2.23. The van der Waals surface area contributed by atoms with Gasteiger partial charge in [-0.15, -0.1) is 5.73 Å². The highest BCUT2D eigenvalue weighted by Crippen LogP contribution is 2.25. The van der Waals surface area contributed by atoms with Gasteiger partial charge < -0.3 is 0 Å². The molecule has 0 N–H and O–H groups in total. The molecular weight excluding hydrogens is 132 g/mol. The van der Waals surface area contributed by atoms with E-state index in [9.17, 15) is 0 Å². The van der Waals surface area contributed by atoms with Gasteiger partial charge in [0.05, 0.1) is 0 Å². The van der Waals surface area contributed by atoms with E-state index in [2.05, 4.69) is 24.0 Å². The molecule has 0 fully saturated rings. The van der Waals surface area contributed by atoms with Gasteiger partial charge in [0.1, 0.15) is 0 Å². The fourth-order valence-corrected chi connectivity index (χ4v) is 1.61. The Balaban J connectivity index is 2.21. The molecule has 0 aliphatic heterocycles. The first-order valence-electron chi connectivity index (χ1n) is 4.29. The number of hydrogen-bond acceptors (Lipinski definition) is 0. The van der Waals surface area contributed by atoms with Crippen molar-refractivity contribution >= 4 is 0 Å². The maximum Gasteiger partial charge on any atom is 0.0193 e. The van der Waals surface area contributed by atoms with E-state index in [1.165, 1.54) is 36.8 Å². The highest BCUT2D eigenvalue weighted by Gasteiger charge is 2.06. The third-order valence-corrected chi connectivity index (χ3v) is 2.23. The van der Waals surface area contributed by atoms with Crippen molar-refractivity contribution in [2.24, 2.45) is 0 Å². The molecule has 0 heteroatoms. The van der Waals surface area contributed by atoms with E-state index in [-0.39, 0.29) is 0 Å². The molecule has 0 heterocycles. The fraction of sp³-hybridized carbons (Fsp3) is 0.364. The van der Waals surface area contributed by atoms with Gasteiger partial charge in [-0.25, -0.2) is 0 Å². The summed E-state index contributed by atoms with van der Waals surface area (Å²) >= 11 is 0. The Labute approximate surface area is 67.6 Å². The van der Waals surface area contributed by atoms with Crippen LogP contribution in [0, 0.1) is 0 Å². The van der Waals surface area contributed by atoms with Crippen LogP contribution in [-0.4, -0.2) is 0 Å². The van der Waals surface area contributed by atoms with E-state index in [0.29, 0.717) is 0 Å². The molecule has 0 saturated carbocycles. The van der Waals surface area contributed by atoms with Gasteiger partial charge in [-0.1, -0.05) is 12.2 Å². The summed E-state index contributed by atoms with van der Waals surface area (Å²) in [4.78, 5) is 0. The van der Waals surface area contributed by atoms with Crippen LogP contribution in [0.3, 0.4) is 0 Å². The second-order valence-electron chi connectivity index (χ2n) is 3.06. The first kappa shape index (κ1) is 6.69. The predicted octanol–water partition coefficient (Wildman–Crippen LogP) is 3.14. The summed E-state index contributed by atoms with van der Waals surface area (Å²) in [5.41, 5.74) is 6.05. The Bertz CT molecular complexity index is 270. The Hall–Kier alpha value is -1.00. The van der Waals surface area contributed by atoms with Crippen LogP contribution in [0.25, 0.3) is 0 Å². The SMILES string of the molecule is C1=CC=CC=1C1=CCCCC1. The summed E-state index contributed by atoms with van der Waals surface area (Å²) in [6.07, 6.45) is 13.8. The molecule has 0 aromatic heterocycles. The summed E-state index contributed by atoms with van der Waals surface area (Å²) < 4.78 is 0. The maximum absolute atomic E-state index is 3.24. The minimum atomic E-state index is 1.25. The normalized spacial score (nSPS) is 21.8. The molecule has 0 amide bonds. The molecule has 0 aromatic rings. The van der Waals surface area contributed by atoms with E-state index in [1.54, 1.807) is 0 Å². The van der Waals surface area contributed by atoms with Gasteiger partial charge in [0, 0.05) is 5.57 Å². The first-order valence-corrected chi connectivity index (χ1v) is 4.29. The Morgan fingerprint density at radius 1 is 1.27 bits per heavy atom. The molecule has 0 atom stereocenters. The highest BCUT2D eigenvalue weighted by atomic mass is 14.1. The molecule has 2 rings (SSSR count). The van der Waals surface area contributed by atoms with Gasteiger partial charge in [0.25, 0.3) is 0 Å². The molecule has 0 spiro atoms. The average Bonchev–Trinajstić information content (AvgIpc) is 2.58. The van der Waals surface area contributed by atoms with Crippen molar-refractivity contribution in [1.82, 2.24) is 0 Å². The second-order valence-corrected chi connectivity index (χ2v) is 3.06. The van der Waals surface area contributed by atoms with Crippen LogP contribution in [0.15, 0.2) is 41.2 Å². The summed E-state index contributed by atoms with van der Waals surface area (Å²) in [6.45, 7) is 0. The molecule has 0 aromatic carbocycles. The summed E-state index contributed by atoms with van der Waals surface area (Å²) in [5, 5.41) is 0. The van der Waals surface area contributed by atoms with Crippen LogP contribution in [0.1, 0.15) is 25.7 Å². The van der Waals surface area contributed by atoms with E-state index in [0.717, 1.165) is 0 Å². The van der Waals surface area contributed by atoms with Crippen molar-refractivity contribution in [2.75, 3.05) is 0 Å². The standard InChI is InChI=1S/C11H12/c1-2-6-10(7-3-1)11-8-4-5-9-11/h4-6,8H,1-3,7H2. The minimum absolute atomic E-state index is 1.25. The molecule has 11 heavy (non-hydrogen) atoms. The lowest BCUT2D eigenvalue weighted by Crippen LogP contribution is -1.92. The van der Waals surface area contributed by atoms with Crippen molar-refractivity contribution in [3.63, 3.8) is 0 Å². The Morgan fingerprint density at radius 3 is 2.91 bits per heavy atom. The minimum Gasteiger partial charge on any atom is -0.113 e. The molecule has 0 bridgehead atoms. The molecular formula is C11H12. The Kier molecular flexibility index (Phi) is 1.79.